The average Bonchev–Trinajstić information content (AvgIpc) is 3.52. The Morgan fingerprint density at radius 3 is 2.67 bits per heavy atom. The van der Waals surface area contributed by atoms with E-state index in [0.29, 0.717) is 25.0 Å². The van der Waals surface area contributed by atoms with E-state index in [9.17, 15) is 9.59 Å². The highest BCUT2D eigenvalue weighted by molar-refractivity contribution is 5.95. The molecule has 0 radical (unpaired) electrons. The third kappa shape index (κ3) is 4.14. The van der Waals surface area contributed by atoms with Crippen LogP contribution in [-0.4, -0.2) is 39.8 Å². The minimum absolute atomic E-state index is 0.222. The number of aromatic nitrogens is 1. The van der Waals surface area contributed by atoms with Gasteiger partial charge in [-0.2, -0.15) is 0 Å². The standard InChI is InChI=1S/C26H29N3O4/c1-17-13-20-5-2-3-6-23(20)29(17)16-18-7-9-19(10-8-18)24(30)27-22-15-26(11-4-12-33-26)14-21(22)25(31)28-32/h2-3,5-10,13,21-22,32H,4,11-12,14-16H2,1H3,(H,27,30)(H,28,31)/t21-,22+,26+/m0/s1. The van der Waals surface area contributed by atoms with Crippen molar-refractivity contribution in [2.45, 2.75) is 50.8 Å². The van der Waals surface area contributed by atoms with Crippen molar-refractivity contribution < 1.29 is 19.5 Å². The van der Waals surface area contributed by atoms with Crippen LogP contribution in [0.2, 0.25) is 0 Å². The number of fused-ring (bicyclic) bond motifs is 1. The largest absolute Gasteiger partial charge is 0.375 e. The number of hydrogen-bond donors (Lipinski definition) is 3. The van der Waals surface area contributed by atoms with Gasteiger partial charge in [-0.1, -0.05) is 30.3 Å². The van der Waals surface area contributed by atoms with Gasteiger partial charge in [-0.3, -0.25) is 14.8 Å². The molecule has 1 aliphatic carbocycles. The Balaban J connectivity index is 1.29. The van der Waals surface area contributed by atoms with E-state index in [1.807, 2.05) is 36.4 Å². The molecule has 3 atom stereocenters. The first-order chi connectivity index (χ1) is 16.0. The zero-order chi connectivity index (χ0) is 23.0. The number of ether oxygens (including phenoxy) is 1. The molecule has 1 saturated carbocycles. The van der Waals surface area contributed by atoms with Gasteiger partial charge in [0.15, 0.2) is 0 Å². The van der Waals surface area contributed by atoms with Crippen LogP contribution in [0.3, 0.4) is 0 Å². The van der Waals surface area contributed by atoms with E-state index in [1.54, 1.807) is 5.48 Å². The normalized spacial score (nSPS) is 24.4. The Morgan fingerprint density at radius 1 is 1.15 bits per heavy atom. The molecular weight excluding hydrogens is 418 g/mol. The van der Waals surface area contributed by atoms with Crippen molar-refractivity contribution in [3.8, 4) is 0 Å². The lowest BCUT2D eigenvalue weighted by Crippen LogP contribution is -2.43. The highest BCUT2D eigenvalue weighted by Crippen LogP contribution is 2.44. The Labute approximate surface area is 192 Å². The fraction of sp³-hybridized carbons (Fsp3) is 0.385. The Bertz CT molecular complexity index is 1180. The maximum Gasteiger partial charge on any atom is 0.251 e. The van der Waals surface area contributed by atoms with Gasteiger partial charge in [0.1, 0.15) is 0 Å². The van der Waals surface area contributed by atoms with Crippen LogP contribution in [0.4, 0.5) is 0 Å². The van der Waals surface area contributed by atoms with Gasteiger partial charge in [0.05, 0.1) is 11.5 Å². The van der Waals surface area contributed by atoms with Gasteiger partial charge in [0.25, 0.3) is 5.91 Å². The van der Waals surface area contributed by atoms with Gasteiger partial charge in [-0.25, -0.2) is 5.48 Å². The van der Waals surface area contributed by atoms with Crippen molar-refractivity contribution in [3.05, 3.63) is 71.4 Å². The quantitative estimate of drug-likeness (QED) is 0.412. The van der Waals surface area contributed by atoms with Crippen LogP contribution in [-0.2, 0) is 16.1 Å². The first-order valence-corrected chi connectivity index (χ1v) is 11.5. The molecule has 3 N–H and O–H groups in total. The Kier molecular flexibility index (Phi) is 5.68. The molecule has 2 amide bonds. The second kappa shape index (κ2) is 8.65. The lowest BCUT2D eigenvalue weighted by atomic mass is 9.96. The van der Waals surface area contributed by atoms with Gasteiger partial charge < -0.3 is 14.6 Å². The lowest BCUT2D eigenvalue weighted by molar-refractivity contribution is -0.134. The number of nitrogens with one attached hydrogen (secondary N) is 2. The molecule has 2 heterocycles. The molecular formula is C26H29N3O4. The van der Waals surface area contributed by atoms with Crippen LogP contribution in [0.1, 0.15) is 47.3 Å². The molecule has 7 nitrogen and oxygen atoms in total. The van der Waals surface area contributed by atoms with Gasteiger partial charge in [-0.05, 0) is 67.8 Å². The predicted octanol–water partition coefficient (Wildman–Crippen LogP) is 3.56. The van der Waals surface area contributed by atoms with Crippen molar-refractivity contribution >= 4 is 22.7 Å². The monoisotopic (exact) mass is 447 g/mol. The zero-order valence-electron chi connectivity index (χ0n) is 18.7. The summed E-state index contributed by atoms with van der Waals surface area (Å²) in [7, 11) is 0. The van der Waals surface area contributed by atoms with E-state index in [1.165, 1.54) is 16.6 Å². The SMILES string of the molecule is Cc1cc2ccccc2n1Cc1ccc(C(=O)N[C@@H]2C[C@@]3(CCCO3)C[C@@H]2C(=O)NO)cc1. The Morgan fingerprint density at radius 2 is 1.94 bits per heavy atom. The van der Waals surface area contributed by atoms with E-state index < -0.39 is 11.8 Å². The third-order valence-electron chi connectivity index (χ3n) is 7.19. The number of hydroxylamine groups is 1. The predicted molar refractivity (Wildman–Crippen MR) is 124 cm³/mol. The molecule has 1 aromatic heterocycles. The molecule has 172 valence electrons. The van der Waals surface area contributed by atoms with Gasteiger partial charge in [0, 0.05) is 36.0 Å². The summed E-state index contributed by atoms with van der Waals surface area (Å²) in [5.74, 6) is -1.21. The van der Waals surface area contributed by atoms with E-state index in [4.69, 9.17) is 9.94 Å². The highest BCUT2D eigenvalue weighted by atomic mass is 16.5. The summed E-state index contributed by atoms with van der Waals surface area (Å²) in [4.78, 5) is 25.2. The van der Waals surface area contributed by atoms with Crippen molar-refractivity contribution in [1.29, 1.82) is 0 Å². The van der Waals surface area contributed by atoms with Crippen molar-refractivity contribution in [3.63, 3.8) is 0 Å². The number of hydrogen-bond acceptors (Lipinski definition) is 4. The summed E-state index contributed by atoms with van der Waals surface area (Å²) >= 11 is 0. The van der Waals surface area contributed by atoms with Crippen LogP contribution in [0, 0.1) is 12.8 Å². The number of aryl methyl sites for hydroxylation is 1. The van der Waals surface area contributed by atoms with Gasteiger partial charge in [-0.15, -0.1) is 0 Å². The van der Waals surface area contributed by atoms with Crippen LogP contribution in [0.25, 0.3) is 10.9 Å². The Hall–Kier alpha value is -3.16. The van der Waals surface area contributed by atoms with E-state index in [0.717, 1.165) is 24.9 Å². The number of amides is 2. The number of carbonyl (C=O) groups excluding carboxylic acids is 2. The van der Waals surface area contributed by atoms with Gasteiger partial charge in [0.2, 0.25) is 5.91 Å². The molecule has 1 saturated heterocycles. The summed E-state index contributed by atoms with van der Waals surface area (Å²) in [6.45, 7) is 3.50. The van der Waals surface area contributed by atoms with Crippen molar-refractivity contribution in [2.75, 3.05) is 6.61 Å². The van der Waals surface area contributed by atoms with Gasteiger partial charge >= 0.3 is 0 Å². The molecule has 7 heteroatoms. The number of nitrogens with zero attached hydrogens (tertiary/aromatic N) is 1. The number of benzene rings is 2. The minimum Gasteiger partial charge on any atom is -0.375 e. The maximum absolute atomic E-state index is 13.0. The molecule has 1 aliphatic heterocycles. The smallest absolute Gasteiger partial charge is 0.251 e. The topological polar surface area (TPSA) is 92.6 Å². The molecule has 3 aromatic rings. The summed E-state index contributed by atoms with van der Waals surface area (Å²) in [5.41, 5.74) is 5.40. The fourth-order valence-corrected chi connectivity index (χ4v) is 5.51. The maximum atomic E-state index is 13.0. The average molecular weight is 448 g/mol. The molecule has 2 aliphatic rings. The van der Waals surface area contributed by atoms with Crippen LogP contribution in [0.15, 0.2) is 54.6 Å². The van der Waals surface area contributed by atoms with Crippen molar-refractivity contribution in [1.82, 2.24) is 15.4 Å². The zero-order valence-corrected chi connectivity index (χ0v) is 18.7. The van der Waals surface area contributed by atoms with Crippen LogP contribution < -0.4 is 10.8 Å². The summed E-state index contributed by atoms with van der Waals surface area (Å²) < 4.78 is 8.20. The van der Waals surface area contributed by atoms with E-state index in [-0.39, 0.29) is 17.6 Å². The molecule has 2 aromatic carbocycles. The second-order valence-corrected chi connectivity index (χ2v) is 9.33. The fourth-order valence-electron chi connectivity index (χ4n) is 5.51. The molecule has 0 bridgehead atoms. The first kappa shape index (κ1) is 21.7. The molecule has 2 fully saturated rings. The van der Waals surface area contributed by atoms with Crippen molar-refractivity contribution in [2.24, 2.45) is 5.92 Å². The molecule has 0 unspecified atom stereocenters. The number of carbonyl (C=O) groups is 2. The second-order valence-electron chi connectivity index (χ2n) is 9.33. The molecule has 33 heavy (non-hydrogen) atoms. The summed E-state index contributed by atoms with van der Waals surface area (Å²) in [5, 5.41) is 13.4. The van der Waals surface area contributed by atoms with E-state index in [2.05, 4.69) is 35.0 Å². The summed E-state index contributed by atoms with van der Waals surface area (Å²) in [6, 6.07) is 17.7. The minimum atomic E-state index is -0.513. The lowest BCUT2D eigenvalue weighted by Gasteiger charge is -2.22. The number of rotatable bonds is 5. The van der Waals surface area contributed by atoms with Crippen LogP contribution >= 0.6 is 0 Å². The summed E-state index contributed by atoms with van der Waals surface area (Å²) in [6.07, 6.45) is 2.91. The number of para-hydroxylation sites is 1. The molecule has 1 spiro atoms. The van der Waals surface area contributed by atoms with E-state index >= 15 is 0 Å². The molecule has 5 rings (SSSR count). The first-order valence-electron chi connectivity index (χ1n) is 11.5. The highest BCUT2D eigenvalue weighted by Gasteiger charge is 2.51. The third-order valence-corrected chi connectivity index (χ3v) is 7.19. The van der Waals surface area contributed by atoms with Crippen LogP contribution in [0.5, 0.6) is 0 Å².